The highest BCUT2D eigenvalue weighted by atomic mass is 32.2. The van der Waals surface area contributed by atoms with Gasteiger partial charge >= 0.3 is 0 Å². The van der Waals surface area contributed by atoms with Gasteiger partial charge in [0.1, 0.15) is 11.6 Å². The number of carbonyl (C=O) groups is 1. The van der Waals surface area contributed by atoms with E-state index in [0.717, 1.165) is 4.34 Å². The molecule has 1 aliphatic heterocycles. The van der Waals surface area contributed by atoms with Crippen molar-refractivity contribution in [3.63, 3.8) is 0 Å². The summed E-state index contributed by atoms with van der Waals surface area (Å²) in [5, 5.41) is 19.0. The quantitative estimate of drug-likeness (QED) is 0.494. The minimum Gasteiger partial charge on any atom is -0.384 e. The van der Waals surface area contributed by atoms with Crippen LogP contribution < -0.4 is 10.6 Å². The number of carbonyl (C=O) groups excluding carboxylic acids is 1. The fourth-order valence-corrected chi connectivity index (χ4v) is 5.87. The van der Waals surface area contributed by atoms with Gasteiger partial charge in [-0.05, 0) is 17.9 Å². The monoisotopic (exact) mass is 467 g/mol. The smallest absolute Gasteiger partial charge is 0.219 e. The topological polar surface area (TPSA) is 95.9 Å². The number of aromatic nitrogens is 2. The molecular formula is C23H22FN5OS2. The summed E-state index contributed by atoms with van der Waals surface area (Å²) in [6, 6.07) is 8.36. The van der Waals surface area contributed by atoms with E-state index in [-0.39, 0.29) is 28.2 Å². The first-order chi connectivity index (χ1) is 15.3. The molecule has 1 aliphatic carbocycles. The third-order valence-corrected chi connectivity index (χ3v) is 7.55. The van der Waals surface area contributed by atoms with Gasteiger partial charge in [-0.25, -0.2) is 4.39 Å². The molecule has 4 rings (SSSR count). The number of allylic oxidation sites excluding steroid dienone is 3. The summed E-state index contributed by atoms with van der Waals surface area (Å²) in [6.45, 7) is 7.73. The first-order valence-corrected chi connectivity index (χ1v) is 11.9. The number of anilines is 1. The number of hydrogen-bond acceptors (Lipinski definition) is 8. The first-order valence-electron chi connectivity index (χ1n) is 10.0. The molecule has 2 aliphatic rings. The van der Waals surface area contributed by atoms with Gasteiger partial charge in [0.2, 0.25) is 5.13 Å². The molecular weight excluding hydrogens is 445 g/mol. The van der Waals surface area contributed by atoms with Crippen LogP contribution in [0.1, 0.15) is 38.2 Å². The SMILES string of the molecule is C=CCSc1nnc(N2C(N)=C(C#N)C(c3ccccc3F)C3=C2CC(C)(C)CC3=O)s1. The van der Waals surface area contributed by atoms with E-state index >= 15 is 0 Å². The molecule has 164 valence electrons. The Hall–Kier alpha value is -2.96. The standard InChI is InChI=1S/C23H22FN5OS2/c1-4-9-31-22-28-27-21(32-22)29-16-10-23(2,3)11-17(30)19(16)18(14(12-25)20(29)26)13-7-5-6-8-15(13)24/h4-8,18H,1,9-11,26H2,2-3H3. The predicted molar refractivity (Wildman–Crippen MR) is 124 cm³/mol. The Morgan fingerprint density at radius 2 is 2.16 bits per heavy atom. The van der Waals surface area contributed by atoms with Crippen LogP contribution in [0.25, 0.3) is 0 Å². The van der Waals surface area contributed by atoms with Crippen LogP contribution in [0.2, 0.25) is 0 Å². The zero-order valence-electron chi connectivity index (χ0n) is 17.8. The lowest BCUT2D eigenvalue weighted by Crippen LogP contribution is -2.42. The number of Topliss-reactive ketones (excluding diaryl/α,β-unsaturated/α-hetero) is 1. The maximum atomic E-state index is 14.8. The Kier molecular flexibility index (Phi) is 5.93. The van der Waals surface area contributed by atoms with Crippen LogP contribution in [0, 0.1) is 22.6 Å². The van der Waals surface area contributed by atoms with Gasteiger partial charge in [-0.2, -0.15) is 5.26 Å². The van der Waals surface area contributed by atoms with Crippen molar-refractivity contribution in [1.82, 2.24) is 10.2 Å². The van der Waals surface area contributed by atoms with Crippen molar-refractivity contribution in [3.05, 3.63) is 71.0 Å². The van der Waals surface area contributed by atoms with E-state index in [1.165, 1.54) is 29.2 Å². The fourth-order valence-electron chi connectivity index (χ4n) is 4.23. The molecule has 2 aromatic rings. The second kappa shape index (κ2) is 8.52. The molecule has 1 aromatic carbocycles. The van der Waals surface area contributed by atoms with Gasteiger partial charge in [-0.1, -0.05) is 61.2 Å². The van der Waals surface area contributed by atoms with E-state index in [2.05, 4.69) is 22.8 Å². The highest BCUT2D eigenvalue weighted by Crippen LogP contribution is 2.51. The summed E-state index contributed by atoms with van der Waals surface area (Å²) < 4.78 is 15.6. The average molecular weight is 468 g/mol. The molecule has 2 heterocycles. The minimum absolute atomic E-state index is 0.111. The van der Waals surface area contributed by atoms with Crippen molar-refractivity contribution >= 4 is 34.0 Å². The lowest BCUT2D eigenvalue weighted by Gasteiger charge is -2.42. The summed E-state index contributed by atoms with van der Waals surface area (Å²) >= 11 is 2.82. The molecule has 1 unspecified atom stereocenters. The van der Waals surface area contributed by atoms with Gasteiger partial charge < -0.3 is 5.73 Å². The second-order valence-electron chi connectivity index (χ2n) is 8.45. The Bertz CT molecular complexity index is 1210. The molecule has 0 saturated carbocycles. The van der Waals surface area contributed by atoms with E-state index in [4.69, 9.17) is 5.73 Å². The zero-order valence-corrected chi connectivity index (χ0v) is 19.4. The molecule has 9 heteroatoms. The highest BCUT2D eigenvalue weighted by molar-refractivity contribution is 8.01. The predicted octanol–water partition coefficient (Wildman–Crippen LogP) is 4.90. The Morgan fingerprint density at radius 1 is 1.41 bits per heavy atom. The Morgan fingerprint density at radius 3 is 2.84 bits per heavy atom. The number of nitriles is 1. The largest absolute Gasteiger partial charge is 0.384 e. The number of thioether (sulfide) groups is 1. The van der Waals surface area contributed by atoms with Gasteiger partial charge in [0.25, 0.3) is 0 Å². The van der Waals surface area contributed by atoms with E-state index in [1.54, 1.807) is 29.2 Å². The fraction of sp³-hybridized carbons (Fsp3) is 0.304. The van der Waals surface area contributed by atoms with Crippen LogP contribution in [0.4, 0.5) is 9.52 Å². The van der Waals surface area contributed by atoms with Crippen LogP contribution in [-0.4, -0.2) is 21.7 Å². The second-order valence-corrected chi connectivity index (χ2v) is 10.7. The third-order valence-electron chi connectivity index (χ3n) is 5.51. The number of halogens is 1. The average Bonchev–Trinajstić information content (AvgIpc) is 3.19. The maximum Gasteiger partial charge on any atom is 0.219 e. The molecule has 0 radical (unpaired) electrons. The molecule has 1 atom stereocenters. The third kappa shape index (κ3) is 3.85. The molecule has 0 saturated heterocycles. The van der Waals surface area contributed by atoms with Gasteiger partial charge in [0, 0.05) is 29.0 Å². The molecule has 0 amide bonds. The van der Waals surface area contributed by atoms with E-state index < -0.39 is 11.7 Å². The number of nitrogens with two attached hydrogens (primary N) is 1. The summed E-state index contributed by atoms with van der Waals surface area (Å²) in [5.41, 5.74) is 7.69. The molecule has 0 bridgehead atoms. The number of rotatable bonds is 5. The normalized spacial score (nSPS) is 20.2. The summed E-state index contributed by atoms with van der Waals surface area (Å²) in [7, 11) is 0. The van der Waals surface area contributed by atoms with Crippen LogP contribution in [0.15, 0.2) is 63.9 Å². The molecule has 32 heavy (non-hydrogen) atoms. The number of nitrogens with zero attached hydrogens (tertiary/aromatic N) is 4. The summed E-state index contributed by atoms with van der Waals surface area (Å²) in [4.78, 5) is 15.1. The van der Waals surface area contributed by atoms with Crippen molar-refractivity contribution in [1.29, 1.82) is 5.26 Å². The molecule has 6 nitrogen and oxygen atoms in total. The van der Waals surface area contributed by atoms with Crippen LogP contribution in [0.3, 0.4) is 0 Å². The van der Waals surface area contributed by atoms with Crippen molar-refractivity contribution in [2.45, 2.75) is 36.9 Å². The van der Waals surface area contributed by atoms with Crippen molar-refractivity contribution < 1.29 is 9.18 Å². The molecule has 1 aromatic heterocycles. The van der Waals surface area contributed by atoms with Crippen LogP contribution in [-0.2, 0) is 4.79 Å². The van der Waals surface area contributed by atoms with E-state index in [1.807, 2.05) is 13.8 Å². The first kappa shape index (κ1) is 22.2. The number of benzene rings is 1. The Labute approximate surface area is 194 Å². The Balaban J connectivity index is 1.94. The number of hydrogen-bond donors (Lipinski definition) is 1. The van der Waals surface area contributed by atoms with E-state index in [9.17, 15) is 14.4 Å². The summed E-state index contributed by atoms with van der Waals surface area (Å²) in [6.07, 6.45) is 2.61. The maximum absolute atomic E-state index is 14.8. The van der Waals surface area contributed by atoms with Crippen molar-refractivity contribution in [3.8, 4) is 6.07 Å². The lowest BCUT2D eigenvalue weighted by atomic mass is 9.68. The lowest BCUT2D eigenvalue weighted by molar-refractivity contribution is -0.118. The summed E-state index contributed by atoms with van der Waals surface area (Å²) in [5.74, 6) is -0.603. The number of ketones is 1. The van der Waals surface area contributed by atoms with Crippen molar-refractivity contribution in [2.24, 2.45) is 11.1 Å². The zero-order chi connectivity index (χ0) is 23.0. The van der Waals surface area contributed by atoms with Gasteiger partial charge in [0.05, 0.1) is 17.6 Å². The minimum atomic E-state index is -0.849. The molecule has 0 spiro atoms. The van der Waals surface area contributed by atoms with Gasteiger partial charge in [0.15, 0.2) is 10.1 Å². The molecule has 0 fully saturated rings. The highest BCUT2D eigenvalue weighted by Gasteiger charge is 2.46. The van der Waals surface area contributed by atoms with Crippen LogP contribution in [0.5, 0.6) is 0 Å². The van der Waals surface area contributed by atoms with Gasteiger partial charge in [-0.15, -0.1) is 16.8 Å². The molecule has 2 N–H and O–H groups in total. The van der Waals surface area contributed by atoms with Crippen molar-refractivity contribution in [2.75, 3.05) is 10.7 Å². The van der Waals surface area contributed by atoms with E-state index in [0.29, 0.717) is 35.0 Å². The van der Waals surface area contributed by atoms with Crippen LogP contribution >= 0.6 is 23.1 Å². The van der Waals surface area contributed by atoms with Gasteiger partial charge in [-0.3, -0.25) is 9.69 Å².